The molecule has 1 atom stereocenters. The quantitative estimate of drug-likeness (QED) is 0.877. The highest BCUT2D eigenvalue weighted by molar-refractivity contribution is 5.78. The molecule has 0 bridgehead atoms. The number of carboxylic acid groups (broad SMARTS) is 1. The molecule has 1 saturated heterocycles. The molecular formula is C17H23NO4. The molecule has 1 unspecified atom stereocenters. The number of benzene rings is 1. The first kappa shape index (κ1) is 16.3. The predicted octanol–water partition coefficient (Wildman–Crippen LogP) is 2.62. The Balaban J connectivity index is 1.91. The summed E-state index contributed by atoms with van der Waals surface area (Å²) in [5, 5.41) is 8.82. The molecule has 1 heterocycles. The molecular weight excluding hydrogens is 282 g/mol. The third-order valence-electron chi connectivity index (χ3n) is 4.08. The fourth-order valence-electron chi connectivity index (χ4n) is 2.86. The van der Waals surface area contributed by atoms with Crippen LogP contribution in [0.1, 0.15) is 37.7 Å². The largest absolute Gasteiger partial charge is 0.484 e. The first-order valence-electron chi connectivity index (χ1n) is 7.77. The van der Waals surface area contributed by atoms with Gasteiger partial charge in [-0.15, -0.1) is 0 Å². The molecule has 1 amide bonds. The third kappa shape index (κ3) is 4.48. The van der Waals surface area contributed by atoms with Crippen LogP contribution in [-0.4, -0.2) is 41.1 Å². The molecule has 0 aliphatic carbocycles. The fourth-order valence-corrected chi connectivity index (χ4v) is 2.86. The van der Waals surface area contributed by atoms with Crippen LogP contribution in [0.15, 0.2) is 24.3 Å². The second-order valence-corrected chi connectivity index (χ2v) is 5.72. The van der Waals surface area contributed by atoms with Gasteiger partial charge in [-0.25, -0.2) is 0 Å². The van der Waals surface area contributed by atoms with Gasteiger partial charge in [-0.3, -0.25) is 9.59 Å². The Morgan fingerprint density at radius 2 is 2.09 bits per heavy atom. The molecule has 1 aromatic rings. The number of piperidine rings is 1. The Morgan fingerprint density at radius 1 is 1.32 bits per heavy atom. The summed E-state index contributed by atoms with van der Waals surface area (Å²) in [6.45, 7) is 2.64. The number of nitrogens with zero attached hydrogens (tertiary/aromatic N) is 1. The number of aryl methyl sites for hydroxylation is 1. The van der Waals surface area contributed by atoms with Crippen molar-refractivity contribution < 1.29 is 19.4 Å². The van der Waals surface area contributed by atoms with E-state index in [2.05, 4.69) is 0 Å². The number of hydrogen-bond acceptors (Lipinski definition) is 3. The van der Waals surface area contributed by atoms with E-state index in [1.807, 2.05) is 31.2 Å². The molecule has 0 aromatic heterocycles. The molecule has 1 N–H and O–H groups in total. The van der Waals surface area contributed by atoms with Crippen LogP contribution in [0.5, 0.6) is 5.75 Å². The van der Waals surface area contributed by atoms with Gasteiger partial charge in [-0.1, -0.05) is 18.2 Å². The van der Waals surface area contributed by atoms with Crippen molar-refractivity contribution in [2.45, 2.75) is 45.1 Å². The van der Waals surface area contributed by atoms with Gasteiger partial charge in [0.15, 0.2) is 6.61 Å². The SMILES string of the molecule is Cc1ccccc1OCC(=O)N1CCCCC1CCC(=O)O. The highest BCUT2D eigenvalue weighted by Crippen LogP contribution is 2.22. The van der Waals surface area contributed by atoms with Crippen molar-refractivity contribution in [1.29, 1.82) is 0 Å². The molecule has 1 fully saturated rings. The van der Waals surface area contributed by atoms with Gasteiger partial charge < -0.3 is 14.7 Å². The Kier molecular flexibility index (Phi) is 5.81. The van der Waals surface area contributed by atoms with Crippen LogP contribution in [0, 0.1) is 6.92 Å². The van der Waals surface area contributed by atoms with Crippen molar-refractivity contribution in [2.24, 2.45) is 0 Å². The van der Waals surface area contributed by atoms with E-state index in [0.29, 0.717) is 13.0 Å². The van der Waals surface area contributed by atoms with Crippen LogP contribution >= 0.6 is 0 Å². The maximum absolute atomic E-state index is 12.4. The van der Waals surface area contributed by atoms with Crippen molar-refractivity contribution in [3.8, 4) is 5.75 Å². The van der Waals surface area contributed by atoms with Crippen LogP contribution in [0.25, 0.3) is 0 Å². The van der Waals surface area contributed by atoms with Crippen molar-refractivity contribution in [1.82, 2.24) is 4.90 Å². The number of ether oxygens (including phenoxy) is 1. The van der Waals surface area contributed by atoms with Crippen molar-refractivity contribution >= 4 is 11.9 Å². The summed E-state index contributed by atoms with van der Waals surface area (Å²) in [5.74, 6) is -0.151. The van der Waals surface area contributed by atoms with Crippen LogP contribution in [0.2, 0.25) is 0 Å². The molecule has 2 rings (SSSR count). The van der Waals surface area contributed by atoms with E-state index in [-0.39, 0.29) is 25.0 Å². The minimum atomic E-state index is -0.811. The third-order valence-corrected chi connectivity index (χ3v) is 4.08. The standard InChI is InChI=1S/C17H23NO4/c1-13-6-2-3-8-15(13)22-12-16(19)18-11-5-4-7-14(18)9-10-17(20)21/h2-3,6,8,14H,4-5,7,9-12H2,1H3,(H,20,21). The van der Waals surface area contributed by atoms with Crippen molar-refractivity contribution in [3.63, 3.8) is 0 Å². The van der Waals surface area contributed by atoms with E-state index in [9.17, 15) is 9.59 Å². The summed E-state index contributed by atoms with van der Waals surface area (Å²) in [7, 11) is 0. The summed E-state index contributed by atoms with van der Waals surface area (Å²) in [4.78, 5) is 24.9. The summed E-state index contributed by atoms with van der Waals surface area (Å²) in [6, 6.07) is 7.62. The summed E-state index contributed by atoms with van der Waals surface area (Å²) < 4.78 is 5.62. The zero-order valence-corrected chi connectivity index (χ0v) is 13.0. The van der Waals surface area contributed by atoms with E-state index in [0.717, 1.165) is 30.6 Å². The first-order valence-corrected chi connectivity index (χ1v) is 7.77. The molecule has 1 aliphatic heterocycles. The van der Waals surface area contributed by atoms with Gasteiger partial charge in [-0.2, -0.15) is 0 Å². The molecule has 5 nitrogen and oxygen atoms in total. The van der Waals surface area contributed by atoms with Gasteiger partial charge in [0, 0.05) is 19.0 Å². The fraction of sp³-hybridized carbons (Fsp3) is 0.529. The number of carbonyl (C=O) groups excluding carboxylic acids is 1. The number of aliphatic carboxylic acids is 1. The smallest absolute Gasteiger partial charge is 0.303 e. The Hall–Kier alpha value is -2.04. The minimum Gasteiger partial charge on any atom is -0.484 e. The molecule has 0 radical (unpaired) electrons. The van der Waals surface area contributed by atoms with Crippen molar-refractivity contribution in [3.05, 3.63) is 29.8 Å². The minimum absolute atomic E-state index is 0.00836. The van der Waals surface area contributed by atoms with Gasteiger partial charge in [0.2, 0.25) is 0 Å². The number of rotatable bonds is 6. The van der Waals surface area contributed by atoms with Crippen LogP contribution in [-0.2, 0) is 9.59 Å². The summed E-state index contributed by atoms with van der Waals surface area (Å²) in [6.07, 6.45) is 3.52. The lowest BCUT2D eigenvalue weighted by atomic mass is 9.98. The monoisotopic (exact) mass is 305 g/mol. The Bertz CT molecular complexity index is 529. The van der Waals surface area contributed by atoms with E-state index in [1.54, 1.807) is 4.90 Å². The molecule has 5 heteroatoms. The van der Waals surface area contributed by atoms with E-state index in [1.165, 1.54) is 0 Å². The van der Waals surface area contributed by atoms with E-state index >= 15 is 0 Å². The molecule has 0 saturated carbocycles. The first-order chi connectivity index (χ1) is 10.6. The zero-order valence-electron chi connectivity index (χ0n) is 13.0. The highest BCUT2D eigenvalue weighted by Gasteiger charge is 2.27. The number of carboxylic acids is 1. The average Bonchev–Trinajstić information content (AvgIpc) is 2.52. The Labute approximate surface area is 130 Å². The summed E-state index contributed by atoms with van der Waals surface area (Å²) >= 11 is 0. The summed E-state index contributed by atoms with van der Waals surface area (Å²) in [5.41, 5.74) is 0.997. The maximum Gasteiger partial charge on any atom is 0.303 e. The van der Waals surface area contributed by atoms with Gasteiger partial charge in [-0.05, 0) is 44.2 Å². The lowest BCUT2D eigenvalue weighted by molar-refractivity contribution is -0.141. The molecule has 1 aliphatic rings. The van der Waals surface area contributed by atoms with Gasteiger partial charge in [0.25, 0.3) is 5.91 Å². The zero-order chi connectivity index (χ0) is 15.9. The maximum atomic E-state index is 12.4. The second-order valence-electron chi connectivity index (χ2n) is 5.72. The van der Waals surface area contributed by atoms with E-state index < -0.39 is 5.97 Å². The van der Waals surface area contributed by atoms with Gasteiger partial charge in [0.05, 0.1) is 0 Å². The van der Waals surface area contributed by atoms with Crippen LogP contribution in [0.3, 0.4) is 0 Å². The number of likely N-dealkylation sites (tertiary alicyclic amines) is 1. The number of para-hydroxylation sites is 1. The average molecular weight is 305 g/mol. The number of hydrogen-bond donors (Lipinski definition) is 1. The topological polar surface area (TPSA) is 66.8 Å². The normalized spacial score (nSPS) is 18.0. The molecule has 0 spiro atoms. The second kappa shape index (κ2) is 7.82. The number of carbonyl (C=O) groups is 2. The number of amides is 1. The van der Waals surface area contributed by atoms with E-state index in [4.69, 9.17) is 9.84 Å². The Morgan fingerprint density at radius 3 is 2.82 bits per heavy atom. The highest BCUT2D eigenvalue weighted by atomic mass is 16.5. The molecule has 22 heavy (non-hydrogen) atoms. The van der Waals surface area contributed by atoms with Crippen LogP contribution in [0.4, 0.5) is 0 Å². The van der Waals surface area contributed by atoms with Crippen molar-refractivity contribution in [2.75, 3.05) is 13.2 Å². The molecule has 1 aromatic carbocycles. The lowest BCUT2D eigenvalue weighted by Gasteiger charge is -2.35. The van der Waals surface area contributed by atoms with Gasteiger partial charge in [0.1, 0.15) is 5.75 Å². The molecule has 120 valence electrons. The van der Waals surface area contributed by atoms with Gasteiger partial charge >= 0.3 is 5.97 Å². The van der Waals surface area contributed by atoms with Crippen LogP contribution < -0.4 is 4.74 Å². The predicted molar refractivity (Wildman–Crippen MR) is 82.9 cm³/mol. The lowest BCUT2D eigenvalue weighted by Crippen LogP contribution is -2.46.